The molecule has 1 aromatic rings. The third-order valence-electron chi connectivity index (χ3n) is 6.11. The van der Waals surface area contributed by atoms with Gasteiger partial charge in [-0.05, 0) is 43.4 Å². The number of rotatable bonds is 6. The zero-order valence-corrected chi connectivity index (χ0v) is 18.2. The van der Waals surface area contributed by atoms with Gasteiger partial charge in [-0.2, -0.15) is 0 Å². The van der Waals surface area contributed by atoms with E-state index in [9.17, 15) is 18.8 Å². The molecule has 170 valence electrons. The van der Waals surface area contributed by atoms with E-state index in [0.717, 1.165) is 18.4 Å². The fourth-order valence-electron chi connectivity index (χ4n) is 4.35. The molecule has 7 nitrogen and oxygen atoms in total. The first-order valence-electron chi connectivity index (χ1n) is 11.3. The number of carbonyl (C=O) groups is 3. The zero-order valence-electron chi connectivity index (χ0n) is 18.2. The standard InChI is InChI=1S/C23H33FN4O3/c1-16(29)25-21(15-17-7-9-18(24)10-8-17)22(30)26-20-11-13-28(14-12-20)23(31)27-19-5-3-2-4-6-19/h7-10,19-21H,2-6,11-15H2,1H3,(H,25,29)(H,26,30)(H,27,31)/t21-/m1/s1. The second kappa shape index (κ2) is 11.1. The lowest BCUT2D eigenvalue weighted by molar-refractivity contribution is -0.128. The summed E-state index contributed by atoms with van der Waals surface area (Å²) in [6.45, 7) is 2.55. The molecule has 0 bridgehead atoms. The third kappa shape index (κ3) is 7.22. The first-order valence-corrected chi connectivity index (χ1v) is 11.3. The van der Waals surface area contributed by atoms with Gasteiger partial charge in [0.1, 0.15) is 11.9 Å². The Bertz CT molecular complexity index is 757. The highest BCUT2D eigenvalue weighted by molar-refractivity contribution is 5.87. The first kappa shape index (κ1) is 23.0. The molecule has 0 unspecified atom stereocenters. The largest absolute Gasteiger partial charge is 0.351 e. The van der Waals surface area contributed by atoms with Crippen LogP contribution in [0.25, 0.3) is 0 Å². The van der Waals surface area contributed by atoms with E-state index >= 15 is 0 Å². The van der Waals surface area contributed by atoms with Gasteiger partial charge in [0.05, 0.1) is 0 Å². The van der Waals surface area contributed by atoms with Crippen LogP contribution in [0.3, 0.4) is 0 Å². The van der Waals surface area contributed by atoms with Crippen molar-refractivity contribution in [1.29, 1.82) is 0 Å². The number of amides is 4. The fourth-order valence-corrected chi connectivity index (χ4v) is 4.35. The predicted molar refractivity (Wildman–Crippen MR) is 116 cm³/mol. The van der Waals surface area contributed by atoms with Gasteiger partial charge < -0.3 is 20.9 Å². The van der Waals surface area contributed by atoms with Crippen molar-refractivity contribution < 1.29 is 18.8 Å². The molecule has 3 N–H and O–H groups in total. The van der Waals surface area contributed by atoms with E-state index in [-0.39, 0.29) is 42.2 Å². The van der Waals surface area contributed by atoms with Crippen LogP contribution in [0.5, 0.6) is 0 Å². The molecule has 1 saturated heterocycles. The van der Waals surface area contributed by atoms with Gasteiger partial charge in [-0.1, -0.05) is 31.4 Å². The van der Waals surface area contributed by atoms with E-state index in [1.165, 1.54) is 38.3 Å². The first-order chi connectivity index (χ1) is 14.9. The van der Waals surface area contributed by atoms with Crippen molar-refractivity contribution in [1.82, 2.24) is 20.9 Å². The van der Waals surface area contributed by atoms with Crippen LogP contribution in [0.15, 0.2) is 24.3 Å². The summed E-state index contributed by atoms with van der Waals surface area (Å²) in [4.78, 5) is 38.7. The molecule has 4 amide bonds. The number of benzene rings is 1. The van der Waals surface area contributed by atoms with Crippen molar-refractivity contribution in [3.05, 3.63) is 35.6 Å². The van der Waals surface area contributed by atoms with E-state index in [1.807, 2.05) is 4.90 Å². The van der Waals surface area contributed by atoms with Gasteiger partial charge in [0, 0.05) is 38.5 Å². The molecule has 1 aromatic carbocycles. The van der Waals surface area contributed by atoms with Gasteiger partial charge in [-0.3, -0.25) is 9.59 Å². The molecule has 3 rings (SSSR count). The van der Waals surface area contributed by atoms with E-state index < -0.39 is 6.04 Å². The molecule has 1 aliphatic heterocycles. The molecule has 0 aromatic heterocycles. The smallest absolute Gasteiger partial charge is 0.317 e. The van der Waals surface area contributed by atoms with Crippen molar-refractivity contribution in [3.63, 3.8) is 0 Å². The van der Waals surface area contributed by atoms with Crippen LogP contribution in [-0.4, -0.2) is 54.0 Å². The average Bonchev–Trinajstić information content (AvgIpc) is 2.75. The van der Waals surface area contributed by atoms with Crippen LogP contribution in [0.2, 0.25) is 0 Å². The minimum Gasteiger partial charge on any atom is -0.351 e. The van der Waals surface area contributed by atoms with Crippen molar-refractivity contribution in [3.8, 4) is 0 Å². The SMILES string of the molecule is CC(=O)N[C@H](Cc1ccc(F)cc1)C(=O)NC1CCN(C(=O)NC2CCCCC2)CC1. The van der Waals surface area contributed by atoms with Crippen molar-refractivity contribution in [2.45, 2.75) is 76.4 Å². The predicted octanol–water partition coefficient (Wildman–Crippen LogP) is 2.50. The number of piperidine rings is 1. The Morgan fingerprint density at radius 2 is 1.58 bits per heavy atom. The maximum absolute atomic E-state index is 13.1. The van der Waals surface area contributed by atoms with E-state index in [4.69, 9.17) is 0 Å². The number of nitrogens with one attached hydrogen (secondary N) is 3. The summed E-state index contributed by atoms with van der Waals surface area (Å²) in [6, 6.07) is 5.40. The number of likely N-dealkylation sites (tertiary alicyclic amines) is 1. The van der Waals surface area contributed by atoms with E-state index in [2.05, 4.69) is 16.0 Å². The summed E-state index contributed by atoms with van der Waals surface area (Å²) in [6.07, 6.45) is 7.33. The molecule has 1 aliphatic carbocycles. The number of hydrogen-bond donors (Lipinski definition) is 3. The zero-order chi connectivity index (χ0) is 22.2. The monoisotopic (exact) mass is 432 g/mol. The van der Waals surface area contributed by atoms with E-state index in [0.29, 0.717) is 25.9 Å². The molecule has 31 heavy (non-hydrogen) atoms. The number of halogens is 1. The van der Waals surface area contributed by atoms with Gasteiger partial charge in [0.15, 0.2) is 0 Å². The molecule has 1 saturated carbocycles. The summed E-state index contributed by atoms with van der Waals surface area (Å²) < 4.78 is 13.1. The Balaban J connectivity index is 1.47. The lowest BCUT2D eigenvalue weighted by atomic mass is 9.95. The van der Waals surface area contributed by atoms with Gasteiger partial charge in [0.2, 0.25) is 11.8 Å². The second-order valence-corrected chi connectivity index (χ2v) is 8.64. The minimum absolute atomic E-state index is 0.0101. The van der Waals surface area contributed by atoms with Crippen molar-refractivity contribution in [2.75, 3.05) is 13.1 Å². The van der Waals surface area contributed by atoms with Gasteiger partial charge in [0.25, 0.3) is 0 Å². The summed E-state index contributed by atoms with van der Waals surface area (Å²) in [5.74, 6) is -0.898. The molecule has 1 heterocycles. The van der Waals surface area contributed by atoms with Crippen molar-refractivity contribution >= 4 is 17.8 Å². The number of hydrogen-bond acceptors (Lipinski definition) is 3. The molecular weight excluding hydrogens is 399 g/mol. The Morgan fingerprint density at radius 1 is 0.968 bits per heavy atom. The molecule has 8 heteroatoms. The van der Waals surface area contributed by atoms with Gasteiger partial charge in [-0.25, -0.2) is 9.18 Å². The fraction of sp³-hybridized carbons (Fsp3) is 0.609. The van der Waals surface area contributed by atoms with Crippen LogP contribution in [0.1, 0.15) is 57.4 Å². The molecule has 1 atom stereocenters. The van der Waals surface area contributed by atoms with E-state index in [1.54, 1.807) is 12.1 Å². The summed E-state index contributed by atoms with van der Waals surface area (Å²) >= 11 is 0. The average molecular weight is 433 g/mol. The Labute approximate surface area is 183 Å². The van der Waals surface area contributed by atoms with Crippen LogP contribution in [-0.2, 0) is 16.0 Å². The number of nitrogens with zero attached hydrogens (tertiary/aromatic N) is 1. The highest BCUT2D eigenvalue weighted by Gasteiger charge is 2.28. The summed E-state index contributed by atoms with van der Waals surface area (Å²) in [7, 11) is 0. The maximum Gasteiger partial charge on any atom is 0.317 e. The molecular formula is C23H33FN4O3. The minimum atomic E-state index is -0.726. The lowest BCUT2D eigenvalue weighted by Gasteiger charge is -2.34. The molecule has 2 aliphatic rings. The highest BCUT2D eigenvalue weighted by atomic mass is 19.1. The quantitative estimate of drug-likeness (QED) is 0.645. The molecule has 2 fully saturated rings. The summed E-state index contributed by atoms with van der Waals surface area (Å²) in [5, 5.41) is 8.84. The molecule has 0 spiro atoms. The Morgan fingerprint density at radius 3 is 2.19 bits per heavy atom. The van der Waals surface area contributed by atoms with Gasteiger partial charge >= 0.3 is 6.03 Å². The van der Waals surface area contributed by atoms with Crippen LogP contribution in [0.4, 0.5) is 9.18 Å². The highest BCUT2D eigenvalue weighted by Crippen LogP contribution is 2.18. The molecule has 0 radical (unpaired) electrons. The maximum atomic E-state index is 13.1. The Kier molecular flexibility index (Phi) is 8.26. The van der Waals surface area contributed by atoms with Crippen LogP contribution < -0.4 is 16.0 Å². The van der Waals surface area contributed by atoms with Crippen molar-refractivity contribution in [2.24, 2.45) is 0 Å². The second-order valence-electron chi connectivity index (χ2n) is 8.64. The topological polar surface area (TPSA) is 90.5 Å². The normalized spacial score (nSPS) is 18.8. The number of carbonyl (C=O) groups excluding carboxylic acids is 3. The van der Waals surface area contributed by atoms with Gasteiger partial charge in [-0.15, -0.1) is 0 Å². The third-order valence-corrected chi connectivity index (χ3v) is 6.11. The van der Waals surface area contributed by atoms with Crippen LogP contribution in [0, 0.1) is 5.82 Å². The number of urea groups is 1. The van der Waals surface area contributed by atoms with Crippen LogP contribution >= 0.6 is 0 Å². The summed E-state index contributed by atoms with van der Waals surface area (Å²) in [5.41, 5.74) is 0.768. The Hall–Kier alpha value is -2.64. The lowest BCUT2D eigenvalue weighted by Crippen LogP contribution is -2.54.